The minimum atomic E-state index is -4.22. The van der Waals surface area contributed by atoms with Crippen molar-refractivity contribution in [2.24, 2.45) is 0 Å². The summed E-state index contributed by atoms with van der Waals surface area (Å²) in [6, 6.07) is 0. The molecule has 0 radical (unpaired) electrons. The van der Waals surface area contributed by atoms with Crippen LogP contribution < -0.4 is 0 Å². The molecule has 8 nitrogen and oxygen atoms in total. The molecule has 1 saturated heterocycles. The Morgan fingerprint density at radius 1 is 1.44 bits per heavy atom. The lowest BCUT2D eigenvalue weighted by molar-refractivity contribution is -0.235. The van der Waals surface area contributed by atoms with E-state index < -0.39 is 41.6 Å². The number of aliphatic hydroxyl groups excluding tert-OH is 3. The van der Waals surface area contributed by atoms with Gasteiger partial charge in [0, 0.05) is 6.42 Å². The largest absolute Gasteiger partial charge is 0.399 e. The molecule has 0 aromatic heterocycles. The fourth-order valence-electron chi connectivity index (χ4n) is 1.35. The molecule has 3 N–H and O–H groups in total. The Balaban J connectivity index is 2.71. The average molecular weight is 258 g/mol. The molecule has 16 heavy (non-hydrogen) atoms. The summed E-state index contributed by atoms with van der Waals surface area (Å²) in [5.74, 6) is 0. The molecule has 1 rings (SSSR count). The third-order valence-corrected chi connectivity index (χ3v) is 3.04. The van der Waals surface area contributed by atoms with Crippen LogP contribution in [0.1, 0.15) is 6.42 Å². The van der Waals surface area contributed by atoms with E-state index in [1.54, 1.807) is 0 Å². The number of aliphatic hydroxyl groups is 3. The highest BCUT2D eigenvalue weighted by Gasteiger charge is 2.40. The third kappa shape index (κ3) is 3.35. The highest BCUT2D eigenvalue weighted by molar-refractivity contribution is 7.81. The Morgan fingerprint density at radius 3 is 2.56 bits per heavy atom. The van der Waals surface area contributed by atoms with Crippen LogP contribution in [0, 0.1) is 0 Å². The average Bonchev–Trinajstić information content (AvgIpc) is 2.22. The topological polar surface area (TPSA) is 123 Å². The molecule has 0 aromatic carbocycles. The molecule has 4 atom stereocenters. The first kappa shape index (κ1) is 13.8. The van der Waals surface area contributed by atoms with Gasteiger partial charge in [-0.15, -0.1) is 0 Å². The molecular weight excluding hydrogens is 244 g/mol. The first-order valence-electron chi connectivity index (χ1n) is 4.51. The molecular formula is C7H14O8S. The van der Waals surface area contributed by atoms with Crippen LogP contribution in [-0.4, -0.2) is 62.1 Å². The molecule has 1 heterocycles. The number of ether oxygens (including phenoxy) is 1. The maximum atomic E-state index is 11.0. The van der Waals surface area contributed by atoms with E-state index in [2.05, 4.69) is 8.37 Å². The summed E-state index contributed by atoms with van der Waals surface area (Å²) in [5.41, 5.74) is 0. The SMILES string of the molecule is COS(=O)(=O)O[C@@H]1C[C@H](O)O[C@H](CO)[C@@H]1O. The van der Waals surface area contributed by atoms with Gasteiger partial charge in [-0.2, -0.15) is 8.42 Å². The summed E-state index contributed by atoms with van der Waals surface area (Å²) in [7, 11) is -3.31. The maximum Gasteiger partial charge on any atom is 0.399 e. The molecule has 0 unspecified atom stereocenters. The van der Waals surface area contributed by atoms with Gasteiger partial charge in [-0.3, -0.25) is 4.18 Å². The van der Waals surface area contributed by atoms with Gasteiger partial charge in [-0.05, 0) is 0 Å². The van der Waals surface area contributed by atoms with E-state index in [9.17, 15) is 18.6 Å². The molecule has 0 bridgehead atoms. The van der Waals surface area contributed by atoms with Crippen LogP contribution in [0.4, 0.5) is 0 Å². The molecule has 0 aromatic rings. The predicted molar refractivity (Wildman–Crippen MR) is 49.4 cm³/mol. The van der Waals surface area contributed by atoms with Gasteiger partial charge in [-0.25, -0.2) is 4.18 Å². The summed E-state index contributed by atoms with van der Waals surface area (Å²) >= 11 is 0. The Labute approximate surface area is 92.7 Å². The number of rotatable bonds is 4. The molecule has 96 valence electrons. The lowest BCUT2D eigenvalue weighted by Gasteiger charge is -2.35. The summed E-state index contributed by atoms with van der Waals surface area (Å²) in [6.45, 7) is -0.564. The molecule has 9 heteroatoms. The van der Waals surface area contributed by atoms with E-state index in [1.807, 2.05) is 0 Å². The molecule has 1 aliphatic heterocycles. The summed E-state index contributed by atoms with van der Waals surface area (Å²) < 4.78 is 35.3. The molecule has 0 spiro atoms. The minimum absolute atomic E-state index is 0.236. The second kappa shape index (κ2) is 5.36. The molecule has 0 amide bonds. The Hall–Kier alpha value is -0.290. The first-order valence-corrected chi connectivity index (χ1v) is 5.84. The van der Waals surface area contributed by atoms with E-state index in [0.717, 1.165) is 7.11 Å². The van der Waals surface area contributed by atoms with Crippen LogP contribution >= 0.6 is 0 Å². The monoisotopic (exact) mass is 258 g/mol. The predicted octanol–water partition coefficient (Wildman–Crippen LogP) is -2.28. The molecule has 0 aliphatic carbocycles. The van der Waals surface area contributed by atoms with E-state index in [0.29, 0.717) is 0 Å². The van der Waals surface area contributed by atoms with Gasteiger partial charge >= 0.3 is 10.4 Å². The van der Waals surface area contributed by atoms with Gasteiger partial charge in [0.25, 0.3) is 0 Å². The fourth-order valence-corrected chi connectivity index (χ4v) is 1.93. The quantitative estimate of drug-likeness (QED) is 0.515. The van der Waals surface area contributed by atoms with Crippen molar-refractivity contribution in [3.05, 3.63) is 0 Å². The maximum absolute atomic E-state index is 11.0. The second-order valence-corrected chi connectivity index (χ2v) is 4.59. The highest BCUT2D eigenvalue weighted by Crippen LogP contribution is 2.23. The van der Waals surface area contributed by atoms with Crippen molar-refractivity contribution < 1.29 is 36.8 Å². The van der Waals surface area contributed by atoms with E-state index >= 15 is 0 Å². The summed E-state index contributed by atoms with van der Waals surface area (Å²) in [6.07, 6.45) is -5.22. The lowest BCUT2D eigenvalue weighted by atomic mass is 10.0. The van der Waals surface area contributed by atoms with Gasteiger partial charge in [0.2, 0.25) is 0 Å². The number of hydrogen-bond donors (Lipinski definition) is 3. The van der Waals surface area contributed by atoms with Crippen molar-refractivity contribution in [3.8, 4) is 0 Å². The normalized spacial score (nSPS) is 36.2. The van der Waals surface area contributed by atoms with Crippen LogP contribution in [0.25, 0.3) is 0 Å². The van der Waals surface area contributed by atoms with Crippen LogP contribution in [0.2, 0.25) is 0 Å². The molecule has 1 fully saturated rings. The highest BCUT2D eigenvalue weighted by atomic mass is 32.3. The summed E-state index contributed by atoms with van der Waals surface area (Å²) in [4.78, 5) is 0. The van der Waals surface area contributed by atoms with Crippen molar-refractivity contribution in [2.45, 2.75) is 31.0 Å². The first-order chi connectivity index (χ1) is 7.39. The van der Waals surface area contributed by atoms with Crippen molar-refractivity contribution in [1.29, 1.82) is 0 Å². The Morgan fingerprint density at radius 2 is 2.06 bits per heavy atom. The summed E-state index contributed by atoms with van der Waals surface area (Å²) in [5, 5.41) is 27.6. The van der Waals surface area contributed by atoms with Gasteiger partial charge in [-0.1, -0.05) is 0 Å². The van der Waals surface area contributed by atoms with Gasteiger partial charge in [0.1, 0.15) is 18.3 Å². The Bertz CT molecular complexity index is 314. The zero-order valence-corrected chi connectivity index (χ0v) is 9.33. The van der Waals surface area contributed by atoms with E-state index in [4.69, 9.17) is 9.84 Å². The smallest absolute Gasteiger partial charge is 0.394 e. The van der Waals surface area contributed by atoms with Crippen molar-refractivity contribution in [1.82, 2.24) is 0 Å². The van der Waals surface area contributed by atoms with Gasteiger partial charge in [0.05, 0.1) is 13.7 Å². The van der Waals surface area contributed by atoms with Gasteiger partial charge in [0.15, 0.2) is 6.29 Å². The standard InChI is InChI=1S/C7H14O8S/c1-13-16(11,12)15-4-2-6(9)14-5(3-8)7(4)10/h4-10H,2-3H2,1H3/t4-,5-,6-,7-/m1/s1. The molecule has 0 saturated carbocycles. The third-order valence-electron chi connectivity index (χ3n) is 2.15. The van der Waals surface area contributed by atoms with E-state index in [-0.39, 0.29) is 6.42 Å². The Kier molecular flexibility index (Phi) is 4.62. The second-order valence-electron chi connectivity index (χ2n) is 3.25. The molecule has 1 aliphatic rings. The van der Waals surface area contributed by atoms with Crippen LogP contribution in [0.3, 0.4) is 0 Å². The lowest BCUT2D eigenvalue weighted by Crippen LogP contribution is -2.51. The van der Waals surface area contributed by atoms with Gasteiger partial charge < -0.3 is 20.1 Å². The van der Waals surface area contributed by atoms with Crippen molar-refractivity contribution in [2.75, 3.05) is 13.7 Å². The van der Waals surface area contributed by atoms with E-state index in [1.165, 1.54) is 0 Å². The zero-order valence-electron chi connectivity index (χ0n) is 8.51. The van der Waals surface area contributed by atoms with Crippen LogP contribution in [-0.2, 0) is 23.5 Å². The zero-order chi connectivity index (χ0) is 12.3. The van der Waals surface area contributed by atoms with Crippen molar-refractivity contribution in [3.63, 3.8) is 0 Å². The number of hydrogen-bond acceptors (Lipinski definition) is 8. The van der Waals surface area contributed by atoms with Crippen LogP contribution in [0.15, 0.2) is 0 Å². The fraction of sp³-hybridized carbons (Fsp3) is 1.00. The van der Waals surface area contributed by atoms with Crippen molar-refractivity contribution >= 4 is 10.4 Å². The minimum Gasteiger partial charge on any atom is -0.394 e. The van der Waals surface area contributed by atoms with Crippen LogP contribution in [0.5, 0.6) is 0 Å².